The van der Waals surface area contributed by atoms with Crippen LogP contribution in [-0.4, -0.2) is 23.4 Å². The predicted octanol–water partition coefficient (Wildman–Crippen LogP) is 1.70. The average Bonchev–Trinajstić information content (AvgIpc) is 2.34. The van der Waals surface area contributed by atoms with E-state index in [0.717, 1.165) is 0 Å². The van der Waals surface area contributed by atoms with Gasteiger partial charge in [-0.05, 0) is 11.5 Å². The number of hydrogen-bond donors (Lipinski definition) is 2. The van der Waals surface area contributed by atoms with Crippen LogP contribution in [0.3, 0.4) is 0 Å². The van der Waals surface area contributed by atoms with Crippen molar-refractivity contribution in [2.45, 2.75) is 26.8 Å². The molecule has 1 unspecified atom stereocenters. The molecule has 1 atom stereocenters. The van der Waals surface area contributed by atoms with Crippen LogP contribution in [0, 0.1) is 15.5 Å². The van der Waals surface area contributed by atoms with Gasteiger partial charge in [-0.2, -0.15) is 0 Å². The summed E-state index contributed by atoms with van der Waals surface area (Å²) in [6.07, 6.45) is 0. The Hall–Kier alpha value is -1.95. The molecule has 0 aliphatic carbocycles. The molecule has 6 nitrogen and oxygen atoms in total. The van der Waals surface area contributed by atoms with Gasteiger partial charge in [0.15, 0.2) is 0 Å². The number of nitro groups is 1. The average molecular weight is 265 g/mol. The number of hydrogen-bond acceptors (Lipinski definition) is 4. The van der Waals surface area contributed by atoms with Crippen molar-refractivity contribution in [3.05, 3.63) is 39.9 Å². The van der Waals surface area contributed by atoms with E-state index in [4.69, 9.17) is 5.73 Å². The van der Waals surface area contributed by atoms with E-state index in [9.17, 15) is 14.9 Å². The highest BCUT2D eigenvalue weighted by molar-refractivity contribution is 5.95. The van der Waals surface area contributed by atoms with E-state index in [1.54, 1.807) is 6.07 Å². The smallest absolute Gasteiger partial charge is 0.270 e. The Morgan fingerprint density at radius 2 is 2.11 bits per heavy atom. The molecule has 0 aromatic heterocycles. The minimum absolute atomic E-state index is 0.104. The fourth-order valence-electron chi connectivity index (χ4n) is 1.63. The maximum Gasteiger partial charge on any atom is 0.270 e. The Morgan fingerprint density at radius 3 is 2.58 bits per heavy atom. The molecule has 1 rings (SSSR count). The van der Waals surface area contributed by atoms with Crippen LogP contribution in [-0.2, 0) is 0 Å². The van der Waals surface area contributed by atoms with E-state index < -0.39 is 4.92 Å². The first-order valence-corrected chi connectivity index (χ1v) is 6.01. The molecular weight excluding hydrogens is 246 g/mol. The molecule has 104 valence electrons. The number of nitrogens with two attached hydrogens (primary N) is 1. The van der Waals surface area contributed by atoms with Gasteiger partial charge in [-0.25, -0.2) is 0 Å². The minimum Gasteiger partial charge on any atom is -0.348 e. The number of carbonyl (C=O) groups excluding carboxylic acids is 1. The third-order valence-corrected chi connectivity index (χ3v) is 2.91. The summed E-state index contributed by atoms with van der Waals surface area (Å²) in [4.78, 5) is 22.2. The number of benzene rings is 1. The van der Waals surface area contributed by atoms with Gasteiger partial charge in [-0.3, -0.25) is 14.9 Å². The van der Waals surface area contributed by atoms with Crippen LogP contribution in [0.25, 0.3) is 0 Å². The second-order valence-electron chi connectivity index (χ2n) is 5.44. The minimum atomic E-state index is -0.527. The Labute approximate surface area is 112 Å². The molecule has 6 heteroatoms. The predicted molar refractivity (Wildman–Crippen MR) is 72.9 cm³/mol. The van der Waals surface area contributed by atoms with Gasteiger partial charge in [0, 0.05) is 30.3 Å². The van der Waals surface area contributed by atoms with E-state index in [1.807, 2.05) is 20.8 Å². The van der Waals surface area contributed by atoms with Crippen molar-refractivity contribution in [1.82, 2.24) is 5.32 Å². The van der Waals surface area contributed by atoms with Crippen molar-refractivity contribution in [3.63, 3.8) is 0 Å². The van der Waals surface area contributed by atoms with Crippen LogP contribution in [0.5, 0.6) is 0 Å². The number of non-ortho nitro benzene ring substituents is 1. The standard InChI is InChI=1S/C13H19N3O3/c1-13(2,3)11(8-14)15-12(17)9-5-4-6-10(7-9)16(18)19/h4-7,11H,8,14H2,1-3H3,(H,15,17). The summed E-state index contributed by atoms with van der Waals surface area (Å²) < 4.78 is 0. The summed E-state index contributed by atoms with van der Waals surface area (Å²) in [5.41, 5.74) is 5.62. The molecule has 3 N–H and O–H groups in total. The van der Waals surface area contributed by atoms with E-state index in [-0.39, 0.29) is 28.6 Å². The maximum absolute atomic E-state index is 12.0. The number of nitrogens with one attached hydrogen (secondary N) is 1. The molecule has 0 heterocycles. The van der Waals surface area contributed by atoms with Gasteiger partial charge >= 0.3 is 0 Å². The number of carbonyl (C=O) groups is 1. The first-order chi connectivity index (χ1) is 8.75. The lowest BCUT2D eigenvalue weighted by molar-refractivity contribution is -0.384. The quantitative estimate of drug-likeness (QED) is 0.639. The van der Waals surface area contributed by atoms with Gasteiger partial charge in [-0.15, -0.1) is 0 Å². The second-order valence-corrected chi connectivity index (χ2v) is 5.44. The van der Waals surface area contributed by atoms with Crippen molar-refractivity contribution >= 4 is 11.6 Å². The third kappa shape index (κ3) is 4.03. The second kappa shape index (κ2) is 5.79. The van der Waals surface area contributed by atoms with Crippen LogP contribution in [0.2, 0.25) is 0 Å². The van der Waals surface area contributed by atoms with Crippen LogP contribution >= 0.6 is 0 Å². The van der Waals surface area contributed by atoms with E-state index in [2.05, 4.69) is 5.32 Å². The molecule has 0 aliphatic heterocycles. The van der Waals surface area contributed by atoms with Crippen LogP contribution in [0.15, 0.2) is 24.3 Å². The lowest BCUT2D eigenvalue weighted by Crippen LogP contribution is -2.48. The molecule has 0 spiro atoms. The molecular formula is C13H19N3O3. The summed E-state index contributed by atoms with van der Waals surface area (Å²) in [5, 5.41) is 13.5. The van der Waals surface area contributed by atoms with Gasteiger partial charge in [-0.1, -0.05) is 26.8 Å². The van der Waals surface area contributed by atoms with Crippen molar-refractivity contribution < 1.29 is 9.72 Å². The third-order valence-electron chi connectivity index (χ3n) is 2.91. The highest BCUT2D eigenvalue weighted by atomic mass is 16.6. The van der Waals surface area contributed by atoms with Crippen LogP contribution in [0.4, 0.5) is 5.69 Å². The zero-order valence-electron chi connectivity index (χ0n) is 11.3. The van der Waals surface area contributed by atoms with Gasteiger partial charge in [0.2, 0.25) is 0 Å². The van der Waals surface area contributed by atoms with Gasteiger partial charge < -0.3 is 11.1 Å². The van der Waals surface area contributed by atoms with E-state index >= 15 is 0 Å². The number of amides is 1. The lowest BCUT2D eigenvalue weighted by Gasteiger charge is -2.30. The van der Waals surface area contributed by atoms with Gasteiger partial charge in [0.1, 0.15) is 0 Å². The molecule has 0 saturated heterocycles. The highest BCUT2D eigenvalue weighted by Gasteiger charge is 2.25. The van der Waals surface area contributed by atoms with Crippen molar-refractivity contribution in [1.29, 1.82) is 0 Å². The Balaban J connectivity index is 2.89. The maximum atomic E-state index is 12.0. The zero-order chi connectivity index (χ0) is 14.6. The topological polar surface area (TPSA) is 98.3 Å². The molecule has 19 heavy (non-hydrogen) atoms. The first-order valence-electron chi connectivity index (χ1n) is 6.01. The Morgan fingerprint density at radius 1 is 1.47 bits per heavy atom. The molecule has 1 amide bonds. The molecule has 1 aromatic carbocycles. The van der Waals surface area contributed by atoms with Crippen LogP contribution in [0.1, 0.15) is 31.1 Å². The van der Waals surface area contributed by atoms with Crippen molar-refractivity contribution in [2.24, 2.45) is 11.1 Å². The molecule has 0 bridgehead atoms. The summed E-state index contributed by atoms with van der Waals surface area (Å²) in [6, 6.07) is 5.44. The Bertz CT molecular complexity index is 480. The van der Waals surface area contributed by atoms with Gasteiger partial charge in [0.05, 0.1) is 4.92 Å². The number of nitrogens with zero attached hydrogens (tertiary/aromatic N) is 1. The van der Waals surface area contributed by atoms with Crippen molar-refractivity contribution in [2.75, 3.05) is 6.54 Å². The molecule has 0 aliphatic rings. The number of nitro benzene ring substituents is 1. The highest BCUT2D eigenvalue weighted by Crippen LogP contribution is 2.19. The zero-order valence-corrected chi connectivity index (χ0v) is 11.3. The SMILES string of the molecule is CC(C)(C)C(CN)NC(=O)c1cccc([N+](=O)[O-])c1. The first kappa shape index (κ1) is 15.1. The van der Waals surface area contributed by atoms with E-state index in [0.29, 0.717) is 6.54 Å². The molecule has 1 aromatic rings. The van der Waals surface area contributed by atoms with Crippen LogP contribution < -0.4 is 11.1 Å². The van der Waals surface area contributed by atoms with E-state index in [1.165, 1.54) is 18.2 Å². The summed E-state index contributed by atoms with van der Waals surface area (Å²) in [7, 11) is 0. The lowest BCUT2D eigenvalue weighted by atomic mass is 9.86. The summed E-state index contributed by atoms with van der Waals surface area (Å²) in [6.45, 7) is 6.22. The number of rotatable bonds is 4. The normalized spacial score (nSPS) is 12.8. The largest absolute Gasteiger partial charge is 0.348 e. The summed E-state index contributed by atoms with van der Waals surface area (Å²) >= 11 is 0. The molecule has 0 fully saturated rings. The fourth-order valence-corrected chi connectivity index (χ4v) is 1.63. The fraction of sp³-hybridized carbons (Fsp3) is 0.462. The summed E-state index contributed by atoms with van der Waals surface area (Å²) in [5.74, 6) is -0.353. The molecule has 0 radical (unpaired) electrons. The molecule has 0 saturated carbocycles. The van der Waals surface area contributed by atoms with Crippen molar-refractivity contribution in [3.8, 4) is 0 Å². The van der Waals surface area contributed by atoms with Gasteiger partial charge in [0.25, 0.3) is 11.6 Å². The monoisotopic (exact) mass is 265 g/mol. The Kier molecular flexibility index (Phi) is 4.61.